The molecule has 0 saturated carbocycles. The van der Waals surface area contributed by atoms with Gasteiger partial charge in [0.05, 0.1) is 18.4 Å². The minimum Gasteiger partial charge on any atom is -0.481 e. The summed E-state index contributed by atoms with van der Waals surface area (Å²) < 4.78 is 19.6. The van der Waals surface area contributed by atoms with Crippen LogP contribution in [0.5, 0.6) is 0 Å². The first kappa shape index (κ1) is 27.0. The molecule has 8 nitrogen and oxygen atoms in total. The molecule has 0 aliphatic heterocycles. The maximum atomic E-state index is 12.0. The van der Waals surface area contributed by atoms with Crippen LogP contribution in [0.3, 0.4) is 0 Å². The maximum Gasteiger partial charge on any atom is 0.469 e. The van der Waals surface area contributed by atoms with Crippen molar-refractivity contribution in [1.82, 2.24) is 0 Å². The van der Waals surface area contributed by atoms with Gasteiger partial charge in [0.25, 0.3) is 0 Å². The molecule has 3 unspecified atom stereocenters. The molecule has 1 rings (SSSR count). The number of carboxylic acids is 1. The van der Waals surface area contributed by atoms with Crippen molar-refractivity contribution in [2.24, 2.45) is 11.8 Å². The highest BCUT2D eigenvalue weighted by atomic mass is 31.2. The third-order valence-corrected chi connectivity index (χ3v) is 5.53. The van der Waals surface area contributed by atoms with Crippen molar-refractivity contribution in [3.8, 4) is 0 Å². The molecule has 0 bridgehead atoms. The average molecular weight is 456 g/mol. The van der Waals surface area contributed by atoms with Gasteiger partial charge in [0.2, 0.25) is 0 Å². The molecular weight excluding hydrogens is 423 g/mol. The second kappa shape index (κ2) is 14.1. The highest BCUT2D eigenvalue weighted by molar-refractivity contribution is 7.46. The first-order valence-corrected chi connectivity index (χ1v) is 12.0. The molecule has 0 amide bonds. The molecule has 1 aromatic carbocycles. The lowest BCUT2D eigenvalue weighted by Gasteiger charge is -2.16. The topological polar surface area (TPSA) is 130 Å². The molecular formula is C22H33O8P. The van der Waals surface area contributed by atoms with E-state index in [9.17, 15) is 19.3 Å². The summed E-state index contributed by atoms with van der Waals surface area (Å²) >= 11 is 0. The van der Waals surface area contributed by atoms with E-state index in [1.54, 1.807) is 6.92 Å². The van der Waals surface area contributed by atoms with Crippen LogP contribution in [0.25, 0.3) is 0 Å². The van der Waals surface area contributed by atoms with E-state index in [1.165, 1.54) is 5.56 Å². The van der Waals surface area contributed by atoms with E-state index in [1.807, 2.05) is 24.3 Å². The summed E-state index contributed by atoms with van der Waals surface area (Å²) in [5.74, 6) is -2.49. The van der Waals surface area contributed by atoms with Crippen molar-refractivity contribution < 1.29 is 38.3 Å². The first-order chi connectivity index (χ1) is 14.6. The average Bonchev–Trinajstić information content (AvgIpc) is 2.72. The number of benzene rings is 1. The molecule has 31 heavy (non-hydrogen) atoms. The third-order valence-electron chi connectivity index (χ3n) is 5.01. The minimum absolute atomic E-state index is 0.128. The number of phosphoric ester groups is 1. The number of hydrogen-bond acceptors (Lipinski definition) is 5. The van der Waals surface area contributed by atoms with Crippen molar-refractivity contribution in [1.29, 1.82) is 0 Å². The smallest absolute Gasteiger partial charge is 0.469 e. The van der Waals surface area contributed by atoms with Gasteiger partial charge in [-0.25, -0.2) is 4.57 Å². The number of carboxylic acid groups (broad SMARTS) is 1. The largest absolute Gasteiger partial charge is 0.481 e. The molecule has 174 valence electrons. The predicted octanol–water partition coefficient (Wildman–Crippen LogP) is 4.29. The number of rotatable bonds is 15. The quantitative estimate of drug-likeness (QED) is 0.154. The van der Waals surface area contributed by atoms with Crippen LogP contribution < -0.4 is 0 Å². The molecule has 0 aliphatic rings. The van der Waals surface area contributed by atoms with Gasteiger partial charge < -0.3 is 19.6 Å². The van der Waals surface area contributed by atoms with Crippen molar-refractivity contribution in [3.63, 3.8) is 0 Å². The van der Waals surface area contributed by atoms with E-state index in [0.29, 0.717) is 18.8 Å². The monoisotopic (exact) mass is 456 g/mol. The molecule has 0 aliphatic carbocycles. The molecule has 1 aromatic rings. The van der Waals surface area contributed by atoms with E-state index in [4.69, 9.17) is 14.5 Å². The molecule has 3 atom stereocenters. The molecule has 0 heterocycles. The Morgan fingerprint density at radius 3 is 2.39 bits per heavy atom. The third kappa shape index (κ3) is 11.8. The summed E-state index contributed by atoms with van der Waals surface area (Å²) in [7, 11) is -4.61. The highest BCUT2D eigenvalue weighted by Gasteiger charge is 2.25. The van der Waals surface area contributed by atoms with Gasteiger partial charge in [0.15, 0.2) is 0 Å². The van der Waals surface area contributed by atoms with Crippen molar-refractivity contribution in [2.45, 2.75) is 51.9 Å². The van der Waals surface area contributed by atoms with Crippen LogP contribution in [-0.2, 0) is 23.4 Å². The van der Waals surface area contributed by atoms with Crippen molar-refractivity contribution in [2.75, 3.05) is 13.2 Å². The lowest BCUT2D eigenvalue weighted by atomic mass is 9.91. The number of carbonyl (C=O) groups is 2. The Morgan fingerprint density at radius 2 is 1.81 bits per heavy atom. The zero-order chi connectivity index (χ0) is 23.3. The second-order valence-electron chi connectivity index (χ2n) is 7.46. The number of esters is 1. The molecule has 0 spiro atoms. The Kier molecular flexibility index (Phi) is 12.3. The number of allylic oxidation sites excluding steroid dienone is 2. The lowest BCUT2D eigenvalue weighted by molar-refractivity contribution is -0.150. The van der Waals surface area contributed by atoms with Crippen LogP contribution in [0.1, 0.15) is 57.4 Å². The summed E-state index contributed by atoms with van der Waals surface area (Å²) in [6.45, 7) is 2.97. The highest BCUT2D eigenvalue weighted by Crippen LogP contribution is 2.35. The van der Waals surface area contributed by atoms with Crippen LogP contribution in [-0.4, -0.2) is 40.0 Å². The van der Waals surface area contributed by atoms with E-state index < -0.39 is 38.2 Å². The standard InChI is InChI=1S/C22H33O8P/c1-3-18(19-11-7-5-8-12-19)10-6-4-9-13-20(21(23)24)16-17(2)22(25)29-14-15-30-31(26,27)28/h4-8,11-12,17-18,20H,3,9-10,13-16H2,1-2H3,(H,23,24)(H2,26,27,28). The summed E-state index contributed by atoms with van der Waals surface area (Å²) in [5, 5.41) is 9.46. The van der Waals surface area contributed by atoms with Gasteiger partial charge in [-0.05, 0) is 43.6 Å². The van der Waals surface area contributed by atoms with Crippen LogP contribution in [0.2, 0.25) is 0 Å². The van der Waals surface area contributed by atoms with E-state index in [0.717, 1.165) is 12.8 Å². The predicted molar refractivity (Wildman–Crippen MR) is 116 cm³/mol. The molecule has 0 aromatic heterocycles. The van der Waals surface area contributed by atoms with Gasteiger partial charge in [0, 0.05) is 0 Å². The van der Waals surface area contributed by atoms with Crippen LogP contribution in [0.15, 0.2) is 42.5 Å². The fraction of sp³-hybridized carbons (Fsp3) is 0.545. The van der Waals surface area contributed by atoms with Gasteiger partial charge >= 0.3 is 19.8 Å². The zero-order valence-electron chi connectivity index (χ0n) is 18.1. The lowest BCUT2D eigenvalue weighted by Crippen LogP contribution is -2.23. The summed E-state index contributed by atoms with van der Waals surface area (Å²) in [4.78, 5) is 40.7. The molecule has 0 saturated heterocycles. The molecule has 9 heteroatoms. The minimum atomic E-state index is -4.61. The van der Waals surface area contributed by atoms with Crippen LogP contribution >= 0.6 is 7.82 Å². The molecule has 3 N–H and O–H groups in total. The number of aliphatic carboxylic acids is 1. The van der Waals surface area contributed by atoms with E-state index >= 15 is 0 Å². The van der Waals surface area contributed by atoms with Gasteiger partial charge in [-0.2, -0.15) is 0 Å². The Labute approximate surface area is 183 Å². The number of hydrogen-bond donors (Lipinski definition) is 3. The van der Waals surface area contributed by atoms with Crippen LogP contribution in [0.4, 0.5) is 0 Å². The first-order valence-electron chi connectivity index (χ1n) is 10.4. The Hall–Kier alpha value is -1.99. The van der Waals surface area contributed by atoms with Gasteiger partial charge in [-0.3, -0.25) is 14.1 Å². The fourth-order valence-corrected chi connectivity index (χ4v) is 3.56. The maximum absolute atomic E-state index is 12.0. The Bertz CT molecular complexity index is 743. The summed E-state index contributed by atoms with van der Waals surface area (Å²) in [5.41, 5.74) is 1.29. The Balaban J connectivity index is 2.41. The summed E-state index contributed by atoms with van der Waals surface area (Å²) in [6, 6.07) is 10.3. The van der Waals surface area contributed by atoms with Gasteiger partial charge in [-0.15, -0.1) is 0 Å². The molecule has 0 fully saturated rings. The van der Waals surface area contributed by atoms with Crippen molar-refractivity contribution >= 4 is 19.8 Å². The number of ether oxygens (including phenoxy) is 1. The SMILES string of the molecule is CCC(CC=CCCC(CC(C)C(=O)OCCOP(=O)(O)O)C(=O)O)c1ccccc1. The van der Waals surface area contributed by atoms with Gasteiger partial charge in [0.1, 0.15) is 6.61 Å². The van der Waals surface area contributed by atoms with Crippen LogP contribution in [0, 0.1) is 11.8 Å². The van der Waals surface area contributed by atoms with E-state index in [-0.39, 0.29) is 13.0 Å². The second-order valence-corrected chi connectivity index (χ2v) is 8.70. The van der Waals surface area contributed by atoms with E-state index in [2.05, 4.69) is 29.7 Å². The normalized spacial score (nSPS) is 14.8. The number of phosphoric acid groups is 1. The molecule has 0 radical (unpaired) electrons. The number of carbonyl (C=O) groups excluding carboxylic acids is 1. The zero-order valence-corrected chi connectivity index (χ0v) is 18.9. The fourth-order valence-electron chi connectivity index (χ4n) is 3.25. The van der Waals surface area contributed by atoms with Gasteiger partial charge in [-0.1, -0.05) is 56.3 Å². The summed E-state index contributed by atoms with van der Waals surface area (Å²) in [6.07, 6.45) is 7.11. The van der Waals surface area contributed by atoms with Crippen molar-refractivity contribution in [3.05, 3.63) is 48.0 Å². The Morgan fingerprint density at radius 1 is 1.13 bits per heavy atom.